The summed E-state index contributed by atoms with van der Waals surface area (Å²) in [5.41, 5.74) is -0.0730. The monoisotopic (exact) mass is 610 g/mol. The second-order valence-corrected chi connectivity index (χ2v) is 12.6. The van der Waals surface area contributed by atoms with Crippen LogP contribution in [0.1, 0.15) is 67.7 Å². The lowest BCUT2D eigenvalue weighted by Crippen LogP contribution is -2.78. The van der Waals surface area contributed by atoms with Crippen LogP contribution in [0.2, 0.25) is 0 Å². The van der Waals surface area contributed by atoms with Crippen molar-refractivity contribution >= 4 is 12.0 Å². The number of ether oxygens (including phenoxy) is 2. The Labute approximate surface area is 257 Å². The molecule has 2 fully saturated rings. The molecule has 1 saturated heterocycles. The lowest BCUT2D eigenvalue weighted by molar-refractivity contribution is -0.199. The summed E-state index contributed by atoms with van der Waals surface area (Å²) in [6.45, 7) is 7.99. The highest BCUT2D eigenvalue weighted by atomic mass is 19.4. The average molecular weight is 611 g/mol. The zero-order chi connectivity index (χ0) is 31.3. The third kappa shape index (κ3) is 4.74. The van der Waals surface area contributed by atoms with E-state index in [4.69, 9.17) is 9.47 Å². The fourth-order valence-corrected chi connectivity index (χ4v) is 8.51. The number of carbonyl (C=O) groups excluding carboxylic acids is 1. The van der Waals surface area contributed by atoms with E-state index in [0.29, 0.717) is 55.8 Å². The van der Waals surface area contributed by atoms with E-state index in [1.165, 1.54) is 18.2 Å². The van der Waals surface area contributed by atoms with Crippen LogP contribution in [0.4, 0.5) is 13.2 Å². The van der Waals surface area contributed by atoms with E-state index in [0.717, 1.165) is 49.1 Å². The molecule has 1 amide bonds. The van der Waals surface area contributed by atoms with Gasteiger partial charge in [0.1, 0.15) is 6.10 Å². The molecule has 2 heterocycles. The number of halogens is 3. The van der Waals surface area contributed by atoms with E-state index in [9.17, 15) is 23.1 Å². The summed E-state index contributed by atoms with van der Waals surface area (Å²) < 4.78 is 52.6. The fraction of sp³-hybridized carbons (Fsp3) is 0.514. The van der Waals surface area contributed by atoms with Crippen molar-refractivity contribution in [2.45, 2.75) is 87.2 Å². The van der Waals surface area contributed by atoms with Crippen LogP contribution in [0, 0.1) is 0 Å². The molecule has 2 aliphatic heterocycles. The average Bonchev–Trinajstić information content (AvgIpc) is 3.35. The SMILES string of the molecule is C=CCN1CC[C@]23c4c5ccc(OC)c4O[C@H]2[C@H](N(CCCCC)C(=O)C=Cc2cccc(C(F)(F)F)c2)CC[C@@]3(O)[C@H]1C5. The van der Waals surface area contributed by atoms with Crippen LogP contribution in [0.3, 0.4) is 0 Å². The number of amides is 1. The minimum absolute atomic E-state index is 0.113. The Bertz CT molecular complexity index is 1460. The highest BCUT2D eigenvalue weighted by Gasteiger charge is 2.73. The second kappa shape index (κ2) is 11.6. The molecule has 0 aromatic heterocycles. The second-order valence-electron chi connectivity index (χ2n) is 12.6. The van der Waals surface area contributed by atoms with E-state index in [1.54, 1.807) is 13.2 Å². The van der Waals surface area contributed by atoms with Crippen molar-refractivity contribution in [3.05, 3.63) is 77.4 Å². The van der Waals surface area contributed by atoms with E-state index in [1.807, 2.05) is 17.0 Å². The minimum atomic E-state index is -4.47. The van der Waals surface area contributed by atoms with Gasteiger partial charge in [0.25, 0.3) is 0 Å². The molecule has 5 atom stereocenters. The van der Waals surface area contributed by atoms with Gasteiger partial charge in [-0.1, -0.05) is 44.0 Å². The van der Waals surface area contributed by atoms with Gasteiger partial charge in [0.05, 0.1) is 29.7 Å². The van der Waals surface area contributed by atoms with Gasteiger partial charge in [-0.05, 0) is 74.1 Å². The molecule has 6 nitrogen and oxygen atoms in total. The molecular formula is C35H41F3N2O4. The number of methoxy groups -OCH3 is 1. The number of rotatable bonds is 10. The normalized spacial score (nSPS) is 28.8. The van der Waals surface area contributed by atoms with Crippen LogP contribution >= 0.6 is 0 Å². The smallest absolute Gasteiger partial charge is 0.416 e. The Hall–Kier alpha value is -3.30. The summed E-state index contributed by atoms with van der Waals surface area (Å²) in [7, 11) is 1.61. The molecular weight excluding hydrogens is 569 g/mol. The van der Waals surface area contributed by atoms with Crippen LogP contribution in [0.5, 0.6) is 11.5 Å². The highest BCUT2D eigenvalue weighted by Crippen LogP contribution is 2.66. The Morgan fingerprint density at radius 3 is 2.80 bits per heavy atom. The number of benzene rings is 2. The first kappa shape index (κ1) is 30.7. The molecule has 44 heavy (non-hydrogen) atoms. The van der Waals surface area contributed by atoms with Gasteiger partial charge in [0, 0.05) is 30.8 Å². The van der Waals surface area contributed by atoms with Gasteiger partial charge in [-0.25, -0.2) is 0 Å². The quantitative estimate of drug-likeness (QED) is 0.199. The molecule has 4 aliphatic rings. The van der Waals surface area contributed by atoms with Crippen molar-refractivity contribution in [3.63, 3.8) is 0 Å². The lowest BCUT2D eigenvalue weighted by atomic mass is 9.48. The zero-order valence-corrected chi connectivity index (χ0v) is 25.4. The van der Waals surface area contributed by atoms with Crippen molar-refractivity contribution in [2.24, 2.45) is 0 Å². The van der Waals surface area contributed by atoms with Crippen molar-refractivity contribution in [1.29, 1.82) is 0 Å². The molecule has 1 spiro atoms. The van der Waals surface area contributed by atoms with Gasteiger partial charge >= 0.3 is 6.18 Å². The van der Waals surface area contributed by atoms with Gasteiger partial charge in [0.15, 0.2) is 11.5 Å². The number of nitrogens with zero attached hydrogens (tertiary/aromatic N) is 2. The van der Waals surface area contributed by atoms with Crippen LogP contribution in [-0.4, -0.2) is 71.3 Å². The Morgan fingerprint density at radius 1 is 1.25 bits per heavy atom. The Kier molecular flexibility index (Phi) is 8.07. The molecule has 6 rings (SSSR count). The van der Waals surface area contributed by atoms with Crippen LogP contribution < -0.4 is 9.47 Å². The minimum Gasteiger partial charge on any atom is -0.493 e. The first-order valence-electron chi connectivity index (χ1n) is 15.7. The standard InChI is InChI=1S/C35H41F3N2O4/c1-4-6-7-19-40(29(41)14-11-23-9-8-10-25(21-23)35(36,37)38)26-15-16-34(42)28-22-24-12-13-27(43-3)31-30(24)33(34,32(26)44-31)17-20-39(28)18-5-2/h5,8-14,21,26,28,32,42H,2,4,6-7,15-20,22H2,1,3H3/t26-,28-,32+,33+,34-/m1/s1. The number of carbonyl (C=O) groups is 1. The summed E-state index contributed by atoms with van der Waals surface area (Å²) >= 11 is 0. The number of likely N-dealkylation sites (tertiary alicyclic amines) is 1. The summed E-state index contributed by atoms with van der Waals surface area (Å²) in [5, 5.41) is 12.8. The zero-order valence-electron chi connectivity index (χ0n) is 25.4. The van der Waals surface area contributed by atoms with Crippen LogP contribution in [0.25, 0.3) is 6.08 Å². The summed E-state index contributed by atoms with van der Waals surface area (Å²) in [4.78, 5) is 18.1. The van der Waals surface area contributed by atoms with E-state index in [-0.39, 0.29) is 18.0 Å². The number of hydrogen-bond acceptors (Lipinski definition) is 5. The molecule has 0 radical (unpaired) electrons. The highest BCUT2D eigenvalue weighted by molar-refractivity contribution is 5.92. The predicted molar refractivity (Wildman–Crippen MR) is 163 cm³/mol. The number of hydrogen-bond donors (Lipinski definition) is 1. The number of aliphatic hydroxyl groups is 1. The molecule has 0 unspecified atom stereocenters. The molecule has 2 aromatic rings. The summed E-state index contributed by atoms with van der Waals surface area (Å²) in [5.74, 6) is 1.01. The predicted octanol–water partition coefficient (Wildman–Crippen LogP) is 6.15. The van der Waals surface area contributed by atoms with Crippen LogP contribution in [-0.2, 0) is 22.8 Å². The molecule has 2 aromatic carbocycles. The first-order valence-corrected chi connectivity index (χ1v) is 15.7. The fourth-order valence-electron chi connectivity index (χ4n) is 8.51. The molecule has 9 heteroatoms. The number of piperidine rings is 1. The van der Waals surface area contributed by atoms with E-state index >= 15 is 0 Å². The third-order valence-corrected chi connectivity index (χ3v) is 10.4. The maximum absolute atomic E-state index is 14.0. The van der Waals surface area contributed by atoms with Gasteiger partial charge in [0.2, 0.25) is 5.91 Å². The van der Waals surface area contributed by atoms with Crippen molar-refractivity contribution in [1.82, 2.24) is 9.80 Å². The van der Waals surface area contributed by atoms with Crippen molar-refractivity contribution < 1.29 is 32.5 Å². The maximum atomic E-state index is 14.0. The largest absolute Gasteiger partial charge is 0.493 e. The molecule has 1 N–H and O–H groups in total. The Balaban J connectivity index is 1.39. The summed E-state index contributed by atoms with van der Waals surface area (Å²) in [6.07, 6.45) is 4.86. The van der Waals surface area contributed by atoms with Gasteiger partial charge in [-0.15, -0.1) is 6.58 Å². The maximum Gasteiger partial charge on any atom is 0.416 e. The van der Waals surface area contributed by atoms with E-state index in [2.05, 4.69) is 24.5 Å². The topological polar surface area (TPSA) is 62.2 Å². The van der Waals surface area contributed by atoms with E-state index < -0.39 is 28.9 Å². The van der Waals surface area contributed by atoms with Gasteiger partial charge < -0.3 is 19.5 Å². The van der Waals surface area contributed by atoms with Gasteiger partial charge in [-0.2, -0.15) is 13.2 Å². The van der Waals surface area contributed by atoms with Crippen molar-refractivity contribution in [3.8, 4) is 11.5 Å². The molecule has 2 aliphatic carbocycles. The molecule has 236 valence electrons. The molecule has 2 bridgehead atoms. The molecule has 1 saturated carbocycles. The third-order valence-electron chi connectivity index (χ3n) is 10.4. The van der Waals surface area contributed by atoms with Crippen LogP contribution in [0.15, 0.2) is 55.1 Å². The first-order chi connectivity index (χ1) is 21.1. The van der Waals surface area contributed by atoms with Gasteiger partial charge in [-0.3, -0.25) is 9.69 Å². The summed E-state index contributed by atoms with van der Waals surface area (Å²) in [6, 6.07) is 8.54. The Morgan fingerprint density at radius 2 is 2.07 bits per heavy atom. The number of unbranched alkanes of at least 4 members (excludes halogenated alkanes) is 2. The number of alkyl halides is 3. The van der Waals surface area contributed by atoms with Crippen molar-refractivity contribution in [2.75, 3.05) is 26.7 Å². The lowest BCUT2D eigenvalue weighted by Gasteiger charge is -2.64.